The Hall–Kier alpha value is -1.55. The Morgan fingerprint density at radius 3 is 2.61 bits per heavy atom. The Morgan fingerprint density at radius 1 is 1.22 bits per heavy atom. The molecule has 0 aliphatic heterocycles. The maximum atomic E-state index is 11.7. The van der Waals surface area contributed by atoms with Crippen LogP contribution in [0.25, 0.3) is 0 Å². The third kappa shape index (κ3) is 4.37. The first-order valence-corrected chi connectivity index (χ1v) is 6.26. The van der Waals surface area contributed by atoms with E-state index in [1.807, 2.05) is 32.0 Å². The van der Waals surface area contributed by atoms with Crippen molar-refractivity contribution in [1.29, 1.82) is 0 Å². The van der Waals surface area contributed by atoms with Crippen molar-refractivity contribution in [2.24, 2.45) is 0 Å². The number of carbonyl (C=O) groups excluding carboxylic acids is 2. The molecule has 0 spiro atoms. The summed E-state index contributed by atoms with van der Waals surface area (Å²) in [6.45, 7) is 4.24. The van der Waals surface area contributed by atoms with Gasteiger partial charge >= 0.3 is 0 Å². The number of rotatable bonds is 5. The van der Waals surface area contributed by atoms with Crippen LogP contribution in [0.15, 0.2) is 18.2 Å². The predicted octanol–water partition coefficient (Wildman–Crippen LogP) is 1.99. The topological polar surface area (TPSA) is 58.2 Å². The molecule has 2 amide bonds. The lowest BCUT2D eigenvalue weighted by Crippen LogP contribution is -2.28. The second-order valence-corrected chi connectivity index (χ2v) is 4.30. The Balaban J connectivity index is 2.45. The summed E-state index contributed by atoms with van der Waals surface area (Å²) in [5.41, 5.74) is 2.99. The molecule has 0 aliphatic carbocycles. The van der Waals surface area contributed by atoms with E-state index in [1.54, 1.807) is 0 Å². The van der Waals surface area contributed by atoms with Gasteiger partial charge in [-0.3, -0.25) is 9.59 Å². The fourth-order valence-corrected chi connectivity index (χ4v) is 1.56. The molecule has 0 aromatic heterocycles. The van der Waals surface area contributed by atoms with Gasteiger partial charge in [0.25, 0.3) is 0 Å². The first-order valence-electron chi connectivity index (χ1n) is 5.73. The van der Waals surface area contributed by atoms with E-state index in [2.05, 4.69) is 10.6 Å². The molecular formula is C13H17ClN2O2. The van der Waals surface area contributed by atoms with Gasteiger partial charge in [0.05, 0.1) is 0 Å². The highest BCUT2D eigenvalue weighted by molar-refractivity contribution is 6.27. The minimum Gasteiger partial charge on any atom is -0.355 e. The van der Waals surface area contributed by atoms with Gasteiger partial charge in [0.15, 0.2) is 0 Å². The summed E-state index contributed by atoms with van der Waals surface area (Å²) in [5.74, 6) is -0.478. The Labute approximate surface area is 112 Å². The smallest absolute Gasteiger partial charge is 0.234 e. The zero-order valence-corrected chi connectivity index (χ0v) is 11.3. The summed E-state index contributed by atoms with van der Waals surface area (Å²) in [7, 11) is 0. The number of amides is 2. The van der Waals surface area contributed by atoms with Gasteiger partial charge in [-0.15, -0.1) is 11.6 Å². The van der Waals surface area contributed by atoms with Crippen molar-refractivity contribution in [2.75, 3.05) is 17.7 Å². The Kier molecular flexibility index (Phi) is 5.65. The molecule has 0 saturated carbocycles. The number of aryl methyl sites for hydroxylation is 1. The highest BCUT2D eigenvalue weighted by Crippen LogP contribution is 2.17. The van der Waals surface area contributed by atoms with Gasteiger partial charge in [0, 0.05) is 18.7 Å². The van der Waals surface area contributed by atoms with Crippen molar-refractivity contribution in [3.8, 4) is 0 Å². The van der Waals surface area contributed by atoms with E-state index in [1.165, 1.54) is 0 Å². The average Bonchev–Trinajstić information content (AvgIpc) is 2.34. The van der Waals surface area contributed by atoms with Crippen LogP contribution in [0.4, 0.5) is 5.69 Å². The van der Waals surface area contributed by atoms with Crippen LogP contribution in [0, 0.1) is 13.8 Å². The summed E-state index contributed by atoms with van der Waals surface area (Å²) < 4.78 is 0. The van der Waals surface area contributed by atoms with Gasteiger partial charge in [0.1, 0.15) is 5.88 Å². The van der Waals surface area contributed by atoms with Crippen LogP contribution in [-0.2, 0) is 9.59 Å². The summed E-state index contributed by atoms with van der Waals surface area (Å²) in [6, 6.07) is 5.75. The lowest BCUT2D eigenvalue weighted by Gasteiger charge is -2.10. The molecule has 0 bridgehead atoms. The first-order chi connectivity index (χ1) is 8.54. The van der Waals surface area contributed by atoms with Crippen LogP contribution in [0.2, 0.25) is 0 Å². The zero-order valence-electron chi connectivity index (χ0n) is 10.5. The van der Waals surface area contributed by atoms with E-state index in [0.717, 1.165) is 16.8 Å². The number of hydrogen-bond donors (Lipinski definition) is 2. The predicted molar refractivity (Wildman–Crippen MR) is 72.9 cm³/mol. The van der Waals surface area contributed by atoms with Crippen molar-refractivity contribution in [3.05, 3.63) is 29.3 Å². The fourth-order valence-electron chi connectivity index (χ4n) is 1.46. The summed E-state index contributed by atoms with van der Waals surface area (Å²) in [6.07, 6.45) is 0.232. The normalized spacial score (nSPS) is 9.94. The molecule has 0 atom stereocenters. The van der Waals surface area contributed by atoms with Crippen molar-refractivity contribution in [3.63, 3.8) is 0 Å². The number of anilines is 1. The standard InChI is InChI=1S/C13H17ClN2O2/c1-9-4-3-5-11(10(9)2)16-12(17)6-7-15-13(18)8-14/h3-5H,6-8H2,1-2H3,(H,15,18)(H,16,17). The van der Waals surface area contributed by atoms with Gasteiger partial charge < -0.3 is 10.6 Å². The molecule has 5 heteroatoms. The SMILES string of the molecule is Cc1cccc(NC(=O)CCNC(=O)CCl)c1C. The van der Waals surface area contributed by atoms with Crippen LogP contribution in [0.3, 0.4) is 0 Å². The second-order valence-electron chi connectivity index (χ2n) is 4.03. The number of benzene rings is 1. The molecule has 0 saturated heterocycles. The van der Waals surface area contributed by atoms with E-state index in [9.17, 15) is 9.59 Å². The van der Waals surface area contributed by atoms with Crippen LogP contribution in [0.5, 0.6) is 0 Å². The van der Waals surface area contributed by atoms with E-state index < -0.39 is 0 Å². The fraction of sp³-hybridized carbons (Fsp3) is 0.385. The Bertz CT molecular complexity index is 447. The monoisotopic (exact) mass is 268 g/mol. The van der Waals surface area contributed by atoms with E-state index >= 15 is 0 Å². The van der Waals surface area contributed by atoms with Gasteiger partial charge in [0.2, 0.25) is 11.8 Å². The van der Waals surface area contributed by atoms with Crippen LogP contribution in [0.1, 0.15) is 17.5 Å². The molecule has 0 heterocycles. The third-order valence-electron chi connectivity index (χ3n) is 2.67. The number of halogens is 1. The Morgan fingerprint density at radius 2 is 1.94 bits per heavy atom. The lowest BCUT2D eigenvalue weighted by molar-refractivity contribution is -0.119. The van der Waals surface area contributed by atoms with E-state index in [-0.39, 0.29) is 24.1 Å². The van der Waals surface area contributed by atoms with E-state index in [4.69, 9.17) is 11.6 Å². The highest BCUT2D eigenvalue weighted by Gasteiger charge is 2.06. The van der Waals surface area contributed by atoms with Gasteiger partial charge in [-0.2, -0.15) is 0 Å². The summed E-state index contributed by atoms with van der Waals surface area (Å²) in [5, 5.41) is 5.36. The number of carbonyl (C=O) groups is 2. The molecule has 1 aromatic carbocycles. The van der Waals surface area contributed by atoms with E-state index in [0.29, 0.717) is 6.54 Å². The average molecular weight is 269 g/mol. The molecule has 2 N–H and O–H groups in total. The molecule has 1 rings (SSSR count). The molecule has 4 nitrogen and oxygen atoms in total. The lowest BCUT2D eigenvalue weighted by atomic mass is 10.1. The third-order valence-corrected chi connectivity index (χ3v) is 2.92. The van der Waals surface area contributed by atoms with Crippen LogP contribution >= 0.6 is 11.6 Å². The quantitative estimate of drug-likeness (QED) is 0.803. The number of hydrogen-bond acceptors (Lipinski definition) is 2. The minimum absolute atomic E-state index is 0.0847. The minimum atomic E-state index is -0.267. The highest BCUT2D eigenvalue weighted by atomic mass is 35.5. The first kappa shape index (κ1) is 14.5. The maximum Gasteiger partial charge on any atom is 0.234 e. The van der Waals surface area contributed by atoms with Crippen molar-refractivity contribution in [1.82, 2.24) is 5.32 Å². The van der Waals surface area contributed by atoms with Gasteiger partial charge in [-0.1, -0.05) is 12.1 Å². The molecule has 0 radical (unpaired) electrons. The van der Waals surface area contributed by atoms with Crippen LogP contribution < -0.4 is 10.6 Å². The van der Waals surface area contributed by atoms with Crippen molar-refractivity contribution in [2.45, 2.75) is 20.3 Å². The largest absolute Gasteiger partial charge is 0.355 e. The molecular weight excluding hydrogens is 252 g/mol. The number of nitrogens with one attached hydrogen (secondary N) is 2. The summed E-state index contributed by atoms with van der Waals surface area (Å²) in [4.78, 5) is 22.5. The van der Waals surface area contributed by atoms with Crippen LogP contribution in [-0.4, -0.2) is 24.2 Å². The van der Waals surface area contributed by atoms with Gasteiger partial charge in [-0.05, 0) is 31.0 Å². The molecule has 0 fully saturated rings. The molecule has 0 unspecified atom stereocenters. The zero-order chi connectivity index (χ0) is 13.5. The van der Waals surface area contributed by atoms with Crippen molar-refractivity contribution >= 4 is 29.1 Å². The maximum absolute atomic E-state index is 11.7. The summed E-state index contributed by atoms with van der Waals surface area (Å²) >= 11 is 5.32. The number of alkyl halides is 1. The van der Waals surface area contributed by atoms with Gasteiger partial charge in [-0.25, -0.2) is 0 Å². The molecule has 1 aromatic rings. The molecule has 98 valence electrons. The second kappa shape index (κ2) is 7.01. The van der Waals surface area contributed by atoms with Crippen molar-refractivity contribution < 1.29 is 9.59 Å². The molecule has 0 aliphatic rings. The molecule has 18 heavy (non-hydrogen) atoms.